The monoisotopic (exact) mass is 1210 g/mol. The largest absolute Gasteiger partial charge is 0.508 e. The number of carbonyl (C=O) groups excluding carboxylic acids is 8. The number of hydrogen-bond acceptors (Lipinski definition) is 17. The van der Waals surface area contributed by atoms with E-state index in [4.69, 9.17) is 37.9 Å². The van der Waals surface area contributed by atoms with Gasteiger partial charge in [-0.3, -0.25) is 33.6 Å². The molecular formula is C71H88O17. The van der Waals surface area contributed by atoms with E-state index in [0.29, 0.717) is 59.8 Å². The van der Waals surface area contributed by atoms with Gasteiger partial charge in [-0.1, -0.05) is 113 Å². The van der Waals surface area contributed by atoms with E-state index in [0.717, 1.165) is 35.3 Å². The maximum Gasteiger partial charge on any atom is 0.357 e. The van der Waals surface area contributed by atoms with Gasteiger partial charge in [-0.25, -0.2) is 4.79 Å². The van der Waals surface area contributed by atoms with Crippen molar-refractivity contribution in [1.82, 2.24) is 0 Å². The maximum absolute atomic E-state index is 12.1. The number of para-hydroxylation sites is 3. The number of ketones is 1. The zero-order valence-corrected chi connectivity index (χ0v) is 53.9. The number of fused-ring (bicyclic) bond motifs is 4. The number of aryl methyl sites for hydroxylation is 1. The van der Waals surface area contributed by atoms with Crippen molar-refractivity contribution in [3.63, 3.8) is 0 Å². The van der Waals surface area contributed by atoms with Crippen LogP contribution in [0.3, 0.4) is 0 Å². The molecule has 5 aromatic carbocycles. The number of carbonyl (C=O) groups is 8. The average molecular weight is 1210 g/mol. The molecule has 0 bridgehead atoms. The van der Waals surface area contributed by atoms with Gasteiger partial charge in [0.2, 0.25) is 6.10 Å². The molecule has 17 nitrogen and oxygen atoms in total. The molecule has 3 aliphatic heterocycles. The fraction of sp³-hybridized carbons (Fsp3) is 0.465. The zero-order valence-electron chi connectivity index (χ0n) is 53.9. The van der Waals surface area contributed by atoms with Crippen LogP contribution in [0.4, 0.5) is 0 Å². The molecule has 0 spiro atoms. The van der Waals surface area contributed by atoms with Gasteiger partial charge in [0.1, 0.15) is 47.6 Å². The van der Waals surface area contributed by atoms with Crippen molar-refractivity contribution in [2.45, 2.75) is 180 Å². The normalized spacial score (nSPS) is 17.1. The first-order valence-corrected chi connectivity index (χ1v) is 30.1. The van der Waals surface area contributed by atoms with Gasteiger partial charge in [0.05, 0.1) is 39.9 Å². The number of benzene rings is 5. The second-order valence-corrected chi connectivity index (χ2v) is 25.2. The fourth-order valence-corrected chi connectivity index (χ4v) is 8.11. The van der Waals surface area contributed by atoms with Gasteiger partial charge >= 0.3 is 41.8 Å². The van der Waals surface area contributed by atoms with E-state index in [2.05, 4.69) is 0 Å². The minimum atomic E-state index is -0.931. The van der Waals surface area contributed by atoms with E-state index in [1.54, 1.807) is 75.4 Å². The summed E-state index contributed by atoms with van der Waals surface area (Å²) in [5.74, 6) is 0.273. The lowest BCUT2D eigenvalue weighted by molar-refractivity contribution is -0.167. The molecule has 0 saturated carbocycles. The number of phenolic OH excluding ortho intramolecular Hbond substituents is 1. The first-order chi connectivity index (χ1) is 41.3. The van der Waals surface area contributed by atoms with E-state index in [1.807, 2.05) is 145 Å². The van der Waals surface area contributed by atoms with Crippen LogP contribution < -0.4 is 18.9 Å². The molecular weight excluding hydrogens is 1120 g/mol. The number of ether oxygens (including phenoxy) is 8. The molecule has 1 aliphatic carbocycles. The molecule has 3 heterocycles. The van der Waals surface area contributed by atoms with Crippen LogP contribution in [0.5, 0.6) is 28.7 Å². The van der Waals surface area contributed by atoms with Crippen LogP contribution in [0, 0.1) is 34.0 Å². The number of phenols is 1. The van der Waals surface area contributed by atoms with Crippen molar-refractivity contribution in [2.75, 3.05) is 6.61 Å². The molecule has 474 valence electrons. The summed E-state index contributed by atoms with van der Waals surface area (Å²) >= 11 is 0. The Hall–Kier alpha value is -8.34. The number of hydrogen-bond donors (Lipinski definition) is 1. The van der Waals surface area contributed by atoms with E-state index in [1.165, 1.54) is 6.07 Å². The van der Waals surface area contributed by atoms with Crippen LogP contribution in [-0.4, -0.2) is 59.3 Å². The summed E-state index contributed by atoms with van der Waals surface area (Å²) in [6, 6.07) is 33.9. The highest BCUT2D eigenvalue weighted by Crippen LogP contribution is 2.41. The lowest BCUT2D eigenvalue weighted by atomic mass is 9.90. The smallest absolute Gasteiger partial charge is 0.357 e. The summed E-state index contributed by atoms with van der Waals surface area (Å²) in [5, 5.41) is 9.34. The van der Waals surface area contributed by atoms with Crippen LogP contribution in [0.1, 0.15) is 211 Å². The predicted molar refractivity (Wildman–Crippen MR) is 330 cm³/mol. The lowest BCUT2D eigenvalue weighted by Crippen LogP contribution is -2.30. The quantitative estimate of drug-likeness (QED) is 0.0583. The summed E-state index contributed by atoms with van der Waals surface area (Å²) in [5.41, 5.74) is 1.99. The number of esters is 7. The van der Waals surface area contributed by atoms with Crippen molar-refractivity contribution in [3.05, 3.63) is 149 Å². The SMILES string of the molecule is CCC(C)(C)C(=O)OC1C(=O)Oc2ccccc21.CCC(C)(C)C(=O)OC1CC(=O)Oc2ccccc21.CCC(C)(C)C(=O)OC1CC(=O)c2ccccc21.CCC(C)(C)C(=O)OC1COc2ccccc21.CCC(C)(C)C(=O)Oc1ccc(O)c(C)c1. The number of rotatable bonds is 15. The maximum atomic E-state index is 12.1. The zero-order chi connectivity index (χ0) is 65.5. The van der Waals surface area contributed by atoms with E-state index in [-0.39, 0.29) is 66.3 Å². The molecule has 0 fully saturated rings. The third kappa shape index (κ3) is 18.1. The Bertz CT molecular complexity index is 3310. The summed E-state index contributed by atoms with van der Waals surface area (Å²) in [7, 11) is 0. The Morgan fingerprint density at radius 1 is 0.466 bits per heavy atom. The topological polar surface area (TPSA) is 231 Å². The third-order valence-electron chi connectivity index (χ3n) is 16.6. The van der Waals surface area contributed by atoms with Gasteiger partial charge in [0, 0.05) is 27.8 Å². The van der Waals surface area contributed by atoms with Gasteiger partial charge in [-0.05, 0) is 150 Å². The molecule has 0 saturated heterocycles. The van der Waals surface area contributed by atoms with Crippen LogP contribution in [0.2, 0.25) is 0 Å². The Labute approximate surface area is 518 Å². The second-order valence-electron chi connectivity index (χ2n) is 25.2. The summed E-state index contributed by atoms with van der Waals surface area (Å²) in [6.45, 7) is 30.4. The molecule has 4 atom stereocenters. The molecule has 0 amide bonds. The highest BCUT2D eigenvalue weighted by molar-refractivity contribution is 6.01. The molecule has 4 unspecified atom stereocenters. The van der Waals surface area contributed by atoms with Gasteiger partial charge in [0.25, 0.3) is 0 Å². The van der Waals surface area contributed by atoms with Gasteiger partial charge in [-0.15, -0.1) is 0 Å². The van der Waals surface area contributed by atoms with Crippen LogP contribution in [0.15, 0.2) is 115 Å². The highest BCUT2D eigenvalue weighted by atomic mass is 16.6. The molecule has 17 heteroatoms. The van der Waals surface area contributed by atoms with E-state index >= 15 is 0 Å². The number of aromatic hydroxyl groups is 1. The van der Waals surface area contributed by atoms with Crippen LogP contribution in [0.25, 0.3) is 0 Å². The molecule has 9 rings (SSSR count). The minimum Gasteiger partial charge on any atom is -0.508 e. The third-order valence-corrected chi connectivity index (χ3v) is 16.6. The first-order valence-electron chi connectivity index (χ1n) is 30.1. The van der Waals surface area contributed by atoms with E-state index < -0.39 is 51.4 Å². The molecule has 88 heavy (non-hydrogen) atoms. The first kappa shape index (κ1) is 70.4. The lowest BCUT2D eigenvalue weighted by Gasteiger charge is -2.28. The Morgan fingerprint density at radius 3 is 1.36 bits per heavy atom. The molecule has 0 radical (unpaired) electrons. The van der Waals surface area contributed by atoms with Crippen molar-refractivity contribution in [2.24, 2.45) is 27.1 Å². The average Bonchev–Trinajstić information content (AvgIpc) is 3.05. The van der Waals surface area contributed by atoms with Gasteiger partial charge < -0.3 is 43.0 Å². The summed E-state index contributed by atoms with van der Waals surface area (Å²) in [4.78, 5) is 94.9. The number of Topliss-reactive ketones (excluding diaryl/α,β-unsaturated/α-hetero) is 1. The van der Waals surface area contributed by atoms with Crippen molar-refractivity contribution < 1.29 is 81.4 Å². The van der Waals surface area contributed by atoms with Crippen molar-refractivity contribution >= 4 is 47.6 Å². The second kappa shape index (κ2) is 30.0. The van der Waals surface area contributed by atoms with Gasteiger partial charge in [-0.2, -0.15) is 0 Å². The van der Waals surface area contributed by atoms with Crippen LogP contribution in [-0.2, 0) is 52.5 Å². The highest BCUT2D eigenvalue weighted by Gasteiger charge is 2.41. The fourth-order valence-electron chi connectivity index (χ4n) is 8.11. The summed E-state index contributed by atoms with van der Waals surface area (Å²) < 4.78 is 42.7. The van der Waals surface area contributed by atoms with Crippen molar-refractivity contribution in [3.8, 4) is 28.7 Å². The Morgan fingerprint density at radius 2 is 0.864 bits per heavy atom. The van der Waals surface area contributed by atoms with Crippen LogP contribution >= 0.6 is 0 Å². The Balaban J connectivity index is 0.000000201. The molecule has 5 aromatic rings. The minimum absolute atomic E-state index is 0.0534. The van der Waals surface area contributed by atoms with Crippen molar-refractivity contribution in [1.29, 1.82) is 0 Å². The summed E-state index contributed by atoms with van der Waals surface area (Å²) in [6.07, 6.45) is 1.73. The van der Waals surface area contributed by atoms with E-state index in [9.17, 15) is 43.5 Å². The standard InChI is InChI=1S/C15H18O4.C15H18O3.C14H16O4.C14H18O3.C13H18O3/c1-4-15(2,3)14(17)19-12-9-13(16)18-11-8-6-5-7-10(11)12;1-4-15(2,3)14(17)18-13-9-12(16)10-7-5-6-8-11(10)13;1-4-14(2,3)13(16)18-11-9-7-5-6-8-10(9)17-12(11)15;1-4-14(2,3)13(15)17-12-9-16-11-8-6-5-7-10(11)12;1-5-13(3,4)12(15)16-10-6-7-11(14)9(2)8-10/h5-8,12H,4,9H2,1-3H3;5-8,13H,4,9H2,1-3H3;5-8,11H,4H2,1-3H3;5-8,12H,4,9H2,1-3H3;6-8,14H,5H2,1-4H3. The predicted octanol–water partition coefficient (Wildman–Crippen LogP) is 15.1. The molecule has 0 aromatic heterocycles. The molecule has 4 aliphatic rings. The Kier molecular flexibility index (Phi) is 24.0. The molecule has 1 N–H and O–H groups in total. The van der Waals surface area contributed by atoms with Gasteiger partial charge in [0.15, 0.2) is 11.9 Å².